The number of anilines is 1. The maximum Gasteiger partial charge on any atom is 0.224 e. The summed E-state index contributed by atoms with van der Waals surface area (Å²) >= 11 is 0. The number of aliphatic hydroxyl groups excluding tert-OH is 1. The smallest absolute Gasteiger partial charge is 0.224 e. The molecule has 2 aliphatic rings. The van der Waals surface area contributed by atoms with Crippen LogP contribution in [0.25, 0.3) is 0 Å². The van der Waals surface area contributed by atoms with Crippen molar-refractivity contribution in [1.82, 2.24) is 4.90 Å². The van der Waals surface area contributed by atoms with Gasteiger partial charge >= 0.3 is 0 Å². The van der Waals surface area contributed by atoms with E-state index in [1.807, 2.05) is 79.7 Å². The highest BCUT2D eigenvalue weighted by molar-refractivity contribution is 5.93. The number of nitrogens with zero attached hydrogens (tertiary/aromatic N) is 1. The van der Waals surface area contributed by atoms with Crippen molar-refractivity contribution in [3.8, 4) is 5.75 Å². The first kappa shape index (κ1) is 24.5. The molecule has 0 radical (unpaired) electrons. The van der Waals surface area contributed by atoms with Crippen molar-refractivity contribution in [1.29, 1.82) is 0 Å². The molecular formula is C30H34N2O4. The van der Waals surface area contributed by atoms with Crippen molar-refractivity contribution in [2.24, 2.45) is 0 Å². The van der Waals surface area contributed by atoms with E-state index in [9.17, 15) is 15.0 Å². The van der Waals surface area contributed by atoms with E-state index in [0.717, 1.165) is 33.7 Å². The van der Waals surface area contributed by atoms with E-state index in [4.69, 9.17) is 4.74 Å². The molecule has 36 heavy (non-hydrogen) atoms. The molecule has 1 saturated heterocycles. The van der Waals surface area contributed by atoms with Crippen LogP contribution >= 0.6 is 0 Å². The zero-order valence-corrected chi connectivity index (χ0v) is 20.7. The van der Waals surface area contributed by atoms with Crippen LogP contribution in [0.15, 0.2) is 72.8 Å². The fourth-order valence-corrected chi connectivity index (χ4v) is 5.29. The lowest BCUT2D eigenvalue weighted by Gasteiger charge is -2.42. The Morgan fingerprint density at radius 1 is 1.00 bits per heavy atom. The monoisotopic (exact) mass is 486 g/mol. The predicted molar refractivity (Wildman–Crippen MR) is 140 cm³/mol. The third-order valence-corrected chi connectivity index (χ3v) is 7.64. The molecule has 0 aliphatic carbocycles. The number of rotatable bonds is 7. The quantitative estimate of drug-likeness (QED) is 0.456. The van der Waals surface area contributed by atoms with Crippen LogP contribution in [-0.4, -0.2) is 40.2 Å². The number of para-hydroxylation sites is 1. The summed E-state index contributed by atoms with van der Waals surface area (Å²) in [6.45, 7) is 3.88. The van der Waals surface area contributed by atoms with Gasteiger partial charge in [0.05, 0.1) is 11.7 Å². The Labute approximate surface area is 212 Å². The van der Waals surface area contributed by atoms with Gasteiger partial charge in [-0.15, -0.1) is 0 Å². The molecule has 0 aromatic heterocycles. The predicted octanol–water partition coefficient (Wildman–Crippen LogP) is 4.56. The topological polar surface area (TPSA) is 82.0 Å². The number of aliphatic hydroxyl groups is 2. The minimum atomic E-state index is -0.895. The van der Waals surface area contributed by atoms with E-state index in [1.165, 1.54) is 0 Å². The van der Waals surface area contributed by atoms with Gasteiger partial charge in [-0.05, 0) is 72.7 Å². The minimum Gasteiger partial charge on any atom is -0.489 e. The van der Waals surface area contributed by atoms with E-state index < -0.39 is 11.7 Å². The fourth-order valence-electron chi connectivity index (χ4n) is 5.29. The number of nitrogens with one attached hydrogen (secondary N) is 1. The van der Waals surface area contributed by atoms with Gasteiger partial charge in [0.25, 0.3) is 0 Å². The Balaban J connectivity index is 1.20. The van der Waals surface area contributed by atoms with Gasteiger partial charge in [-0.25, -0.2) is 0 Å². The summed E-state index contributed by atoms with van der Waals surface area (Å²) in [4.78, 5) is 13.9. The summed E-state index contributed by atoms with van der Waals surface area (Å²) < 4.78 is 5.89. The second-order valence-electron chi connectivity index (χ2n) is 10.0. The lowest BCUT2D eigenvalue weighted by Crippen LogP contribution is -2.47. The van der Waals surface area contributed by atoms with Crippen LogP contribution in [0.4, 0.5) is 5.69 Å². The molecule has 0 spiro atoms. The van der Waals surface area contributed by atoms with Gasteiger partial charge in [-0.1, -0.05) is 48.5 Å². The Bertz CT molecular complexity index is 1200. The van der Waals surface area contributed by atoms with Crippen molar-refractivity contribution < 1.29 is 19.7 Å². The average Bonchev–Trinajstić information content (AvgIpc) is 2.92. The Morgan fingerprint density at radius 3 is 2.56 bits per heavy atom. The van der Waals surface area contributed by atoms with Crippen molar-refractivity contribution in [2.45, 2.75) is 57.0 Å². The molecule has 188 valence electrons. The summed E-state index contributed by atoms with van der Waals surface area (Å²) in [6, 6.07) is 23.5. The number of benzene rings is 3. The number of carbonyl (C=O) groups excluding carboxylic acids is 1. The van der Waals surface area contributed by atoms with E-state index in [-0.39, 0.29) is 11.9 Å². The number of aryl methyl sites for hydroxylation is 1. The molecule has 2 unspecified atom stereocenters. The fraction of sp³-hybridized carbons (Fsp3) is 0.367. The minimum absolute atomic E-state index is 0.0410. The first-order chi connectivity index (χ1) is 17.4. The van der Waals surface area contributed by atoms with Crippen molar-refractivity contribution in [3.63, 3.8) is 0 Å². The normalized spacial score (nSPS) is 19.1. The molecule has 5 rings (SSSR count). The first-order valence-corrected chi connectivity index (χ1v) is 12.8. The summed E-state index contributed by atoms with van der Waals surface area (Å²) in [5.74, 6) is 0.866. The van der Waals surface area contributed by atoms with Crippen LogP contribution in [0.1, 0.15) is 54.5 Å². The van der Waals surface area contributed by atoms with Gasteiger partial charge in [0, 0.05) is 31.2 Å². The summed E-state index contributed by atoms with van der Waals surface area (Å²) in [5.41, 5.74) is 3.83. The highest BCUT2D eigenvalue weighted by Crippen LogP contribution is 2.36. The zero-order valence-electron chi connectivity index (χ0n) is 20.7. The molecule has 3 aromatic rings. The molecule has 2 atom stereocenters. The number of amides is 1. The summed E-state index contributed by atoms with van der Waals surface area (Å²) in [6.07, 6.45) is 1.74. The number of hydrogen-bond donors (Lipinski definition) is 3. The van der Waals surface area contributed by atoms with Crippen LogP contribution in [0.3, 0.4) is 0 Å². The Kier molecular flexibility index (Phi) is 7.10. The second kappa shape index (κ2) is 10.4. The van der Waals surface area contributed by atoms with Gasteiger partial charge in [-0.3, -0.25) is 9.69 Å². The lowest BCUT2D eigenvalue weighted by atomic mass is 9.83. The first-order valence-electron chi connectivity index (χ1n) is 12.8. The van der Waals surface area contributed by atoms with Crippen molar-refractivity contribution in [2.75, 3.05) is 18.4 Å². The van der Waals surface area contributed by atoms with E-state index in [2.05, 4.69) is 10.2 Å². The van der Waals surface area contributed by atoms with Crippen LogP contribution in [-0.2, 0) is 23.4 Å². The average molecular weight is 487 g/mol. The van der Waals surface area contributed by atoms with Gasteiger partial charge in [-0.2, -0.15) is 0 Å². The molecular weight excluding hydrogens is 452 g/mol. The number of hydrogen-bond acceptors (Lipinski definition) is 5. The summed E-state index contributed by atoms with van der Waals surface area (Å²) in [5, 5.41) is 25.5. The molecule has 0 saturated carbocycles. The largest absolute Gasteiger partial charge is 0.489 e. The molecule has 2 heterocycles. The third kappa shape index (κ3) is 5.31. The highest BCUT2D eigenvalue weighted by Gasteiger charge is 2.37. The van der Waals surface area contributed by atoms with Crippen molar-refractivity contribution in [3.05, 3.63) is 95.1 Å². The Morgan fingerprint density at radius 2 is 1.78 bits per heavy atom. The van der Waals surface area contributed by atoms with E-state index in [0.29, 0.717) is 45.4 Å². The number of likely N-dealkylation sites (tertiary alicyclic amines) is 1. The van der Waals surface area contributed by atoms with Gasteiger partial charge < -0.3 is 20.3 Å². The maximum atomic E-state index is 11.6. The molecule has 6 nitrogen and oxygen atoms in total. The SMILES string of the molecule is CC(C(O)c1ccc2c(c1)CCC(=O)N2)N1CCC(O)(c2cccc(COc3ccccc3)c2)CC1. The molecule has 6 heteroatoms. The zero-order chi connectivity index (χ0) is 25.1. The molecule has 1 fully saturated rings. The van der Waals surface area contributed by atoms with Crippen LogP contribution in [0, 0.1) is 0 Å². The Hall–Kier alpha value is -3.19. The maximum absolute atomic E-state index is 11.6. The number of carbonyl (C=O) groups is 1. The van der Waals surface area contributed by atoms with Crippen LogP contribution in [0.2, 0.25) is 0 Å². The third-order valence-electron chi connectivity index (χ3n) is 7.64. The van der Waals surface area contributed by atoms with Crippen molar-refractivity contribution >= 4 is 11.6 Å². The molecule has 3 N–H and O–H groups in total. The number of fused-ring (bicyclic) bond motifs is 1. The summed E-state index contributed by atoms with van der Waals surface area (Å²) in [7, 11) is 0. The molecule has 3 aromatic carbocycles. The highest BCUT2D eigenvalue weighted by atomic mass is 16.5. The second-order valence-corrected chi connectivity index (χ2v) is 10.0. The lowest BCUT2D eigenvalue weighted by molar-refractivity contribution is -0.116. The van der Waals surface area contributed by atoms with Crippen LogP contribution < -0.4 is 10.1 Å². The van der Waals surface area contributed by atoms with Crippen LogP contribution in [0.5, 0.6) is 5.75 Å². The molecule has 2 aliphatic heterocycles. The van der Waals surface area contributed by atoms with E-state index >= 15 is 0 Å². The standard InChI is InChI=1S/C30H34N2O4/c1-21(29(34)24-10-12-27-23(19-24)11-13-28(33)31-27)32-16-14-30(35,15-17-32)25-7-5-6-22(18-25)20-36-26-8-3-2-4-9-26/h2-10,12,18-19,21,29,34-35H,11,13-17,20H2,1H3,(H,31,33). The van der Waals surface area contributed by atoms with E-state index in [1.54, 1.807) is 0 Å². The van der Waals surface area contributed by atoms with Gasteiger partial charge in [0.2, 0.25) is 5.91 Å². The number of ether oxygens (including phenoxy) is 1. The number of piperidine rings is 1. The van der Waals surface area contributed by atoms with Gasteiger partial charge in [0.1, 0.15) is 12.4 Å². The molecule has 1 amide bonds. The van der Waals surface area contributed by atoms with Gasteiger partial charge in [0.15, 0.2) is 0 Å². The molecule has 0 bridgehead atoms.